The zero-order chi connectivity index (χ0) is 14.5. The average molecular weight is 296 g/mol. The third kappa shape index (κ3) is 3.78. The molecule has 2 aromatic carbocycles. The van der Waals surface area contributed by atoms with E-state index in [1.165, 1.54) is 12.1 Å². The van der Waals surface area contributed by atoms with E-state index in [-0.39, 0.29) is 16.8 Å². The fourth-order valence-corrected chi connectivity index (χ4v) is 2.42. The highest BCUT2D eigenvalue weighted by molar-refractivity contribution is 6.30. The van der Waals surface area contributed by atoms with E-state index in [0.717, 1.165) is 5.56 Å². The van der Waals surface area contributed by atoms with Gasteiger partial charge >= 0.3 is 0 Å². The molecule has 2 aromatic rings. The van der Waals surface area contributed by atoms with Crippen LogP contribution in [0, 0.1) is 17.6 Å². The molecule has 2 rings (SSSR count). The van der Waals surface area contributed by atoms with Crippen molar-refractivity contribution in [2.75, 3.05) is 6.54 Å². The van der Waals surface area contributed by atoms with Crippen LogP contribution in [0.1, 0.15) is 11.1 Å². The van der Waals surface area contributed by atoms with Crippen molar-refractivity contribution in [3.05, 3.63) is 70.2 Å². The predicted octanol–water partition coefficient (Wildman–Crippen LogP) is 3.98. The number of benzene rings is 2. The zero-order valence-electron chi connectivity index (χ0n) is 11.0. The van der Waals surface area contributed by atoms with Gasteiger partial charge in [0, 0.05) is 0 Å². The summed E-state index contributed by atoms with van der Waals surface area (Å²) in [5, 5.41) is 0.101. The van der Waals surface area contributed by atoms with Crippen LogP contribution < -0.4 is 5.73 Å². The SMILES string of the molecule is NCC(Cc1ccc(F)c(Cl)c1)Cc1ccccc1F. The van der Waals surface area contributed by atoms with Gasteiger partial charge in [-0.2, -0.15) is 0 Å². The maximum absolute atomic E-state index is 13.6. The first-order chi connectivity index (χ1) is 9.60. The molecule has 20 heavy (non-hydrogen) atoms. The molecule has 0 bridgehead atoms. The van der Waals surface area contributed by atoms with E-state index in [9.17, 15) is 8.78 Å². The van der Waals surface area contributed by atoms with Crippen LogP contribution in [0.25, 0.3) is 0 Å². The lowest BCUT2D eigenvalue weighted by molar-refractivity contribution is 0.511. The van der Waals surface area contributed by atoms with Crippen molar-refractivity contribution in [3.8, 4) is 0 Å². The topological polar surface area (TPSA) is 26.0 Å². The van der Waals surface area contributed by atoms with Crippen LogP contribution in [0.4, 0.5) is 8.78 Å². The summed E-state index contributed by atoms with van der Waals surface area (Å²) < 4.78 is 26.7. The summed E-state index contributed by atoms with van der Waals surface area (Å²) in [7, 11) is 0. The fourth-order valence-electron chi connectivity index (χ4n) is 2.21. The van der Waals surface area contributed by atoms with Gasteiger partial charge in [-0.05, 0) is 54.6 Å². The molecule has 0 amide bonds. The highest BCUT2D eigenvalue weighted by Crippen LogP contribution is 2.20. The minimum Gasteiger partial charge on any atom is -0.330 e. The van der Waals surface area contributed by atoms with Crippen molar-refractivity contribution in [2.45, 2.75) is 12.8 Å². The van der Waals surface area contributed by atoms with Crippen molar-refractivity contribution < 1.29 is 8.78 Å². The molecule has 0 aliphatic rings. The summed E-state index contributed by atoms with van der Waals surface area (Å²) in [6.45, 7) is 0.434. The second kappa shape index (κ2) is 6.82. The maximum atomic E-state index is 13.6. The first-order valence-corrected chi connectivity index (χ1v) is 6.85. The Bertz CT molecular complexity index is 586. The second-order valence-electron chi connectivity index (χ2n) is 4.85. The minimum atomic E-state index is -0.436. The number of halogens is 3. The third-order valence-corrected chi connectivity index (χ3v) is 3.60. The Morgan fingerprint density at radius 3 is 2.40 bits per heavy atom. The van der Waals surface area contributed by atoms with E-state index in [1.807, 2.05) is 0 Å². The standard InChI is InChI=1S/C16H16ClF2N/c17-14-9-11(5-6-16(14)19)7-12(10-20)8-13-3-1-2-4-15(13)18/h1-6,9,12H,7-8,10,20H2. The highest BCUT2D eigenvalue weighted by Gasteiger charge is 2.12. The smallest absolute Gasteiger partial charge is 0.141 e. The van der Waals surface area contributed by atoms with Crippen LogP contribution in [-0.4, -0.2) is 6.54 Å². The monoisotopic (exact) mass is 295 g/mol. The van der Waals surface area contributed by atoms with E-state index < -0.39 is 5.82 Å². The van der Waals surface area contributed by atoms with Gasteiger partial charge in [-0.1, -0.05) is 35.9 Å². The van der Waals surface area contributed by atoms with Crippen LogP contribution in [0.15, 0.2) is 42.5 Å². The van der Waals surface area contributed by atoms with Crippen molar-refractivity contribution in [1.82, 2.24) is 0 Å². The Morgan fingerprint density at radius 2 is 1.75 bits per heavy atom. The number of hydrogen-bond donors (Lipinski definition) is 1. The fraction of sp³-hybridized carbons (Fsp3) is 0.250. The lowest BCUT2D eigenvalue weighted by Crippen LogP contribution is -2.20. The summed E-state index contributed by atoms with van der Waals surface area (Å²) in [6, 6.07) is 11.3. The molecule has 0 spiro atoms. The van der Waals surface area contributed by atoms with Gasteiger partial charge in [0.1, 0.15) is 11.6 Å². The molecule has 0 aromatic heterocycles. The summed E-state index contributed by atoms with van der Waals surface area (Å²) in [6.07, 6.45) is 1.20. The molecule has 0 fully saturated rings. The van der Waals surface area contributed by atoms with Gasteiger partial charge < -0.3 is 5.73 Å². The molecule has 1 unspecified atom stereocenters. The van der Waals surface area contributed by atoms with Crippen LogP contribution >= 0.6 is 11.6 Å². The van der Waals surface area contributed by atoms with Gasteiger partial charge in [0.15, 0.2) is 0 Å². The summed E-state index contributed by atoms with van der Waals surface area (Å²) in [5.74, 6) is -0.565. The average Bonchev–Trinajstić information content (AvgIpc) is 2.44. The van der Waals surface area contributed by atoms with Gasteiger partial charge in [0.2, 0.25) is 0 Å². The normalized spacial score (nSPS) is 12.4. The highest BCUT2D eigenvalue weighted by atomic mass is 35.5. The lowest BCUT2D eigenvalue weighted by atomic mass is 9.92. The molecule has 0 heterocycles. The van der Waals surface area contributed by atoms with Gasteiger partial charge in [0.25, 0.3) is 0 Å². The van der Waals surface area contributed by atoms with Crippen molar-refractivity contribution in [1.29, 1.82) is 0 Å². The van der Waals surface area contributed by atoms with E-state index in [2.05, 4.69) is 0 Å². The Morgan fingerprint density at radius 1 is 1.00 bits per heavy atom. The first kappa shape index (κ1) is 14.9. The van der Waals surface area contributed by atoms with E-state index in [1.54, 1.807) is 30.3 Å². The molecular formula is C16H16ClF2N. The Kier molecular flexibility index (Phi) is 5.10. The van der Waals surface area contributed by atoms with E-state index in [0.29, 0.717) is 24.9 Å². The van der Waals surface area contributed by atoms with Gasteiger partial charge in [-0.15, -0.1) is 0 Å². The molecule has 1 atom stereocenters. The molecule has 106 valence electrons. The second-order valence-corrected chi connectivity index (χ2v) is 5.26. The van der Waals surface area contributed by atoms with Crippen molar-refractivity contribution >= 4 is 11.6 Å². The van der Waals surface area contributed by atoms with Crippen LogP contribution in [-0.2, 0) is 12.8 Å². The predicted molar refractivity (Wildman–Crippen MR) is 77.8 cm³/mol. The quantitative estimate of drug-likeness (QED) is 0.887. The van der Waals surface area contributed by atoms with Gasteiger partial charge in [-0.25, -0.2) is 8.78 Å². The van der Waals surface area contributed by atoms with Crippen LogP contribution in [0.2, 0.25) is 5.02 Å². The van der Waals surface area contributed by atoms with Crippen LogP contribution in [0.5, 0.6) is 0 Å². The van der Waals surface area contributed by atoms with Gasteiger partial charge in [0.05, 0.1) is 5.02 Å². The Labute approximate surface area is 122 Å². The molecule has 0 radical (unpaired) electrons. The number of rotatable bonds is 5. The first-order valence-electron chi connectivity index (χ1n) is 6.47. The molecule has 4 heteroatoms. The minimum absolute atomic E-state index is 0.0911. The van der Waals surface area contributed by atoms with Gasteiger partial charge in [-0.3, -0.25) is 0 Å². The third-order valence-electron chi connectivity index (χ3n) is 3.31. The molecule has 0 saturated carbocycles. The van der Waals surface area contributed by atoms with E-state index >= 15 is 0 Å². The molecule has 2 N–H and O–H groups in total. The number of nitrogens with two attached hydrogens (primary N) is 1. The van der Waals surface area contributed by atoms with Crippen molar-refractivity contribution in [3.63, 3.8) is 0 Å². The molecule has 0 aliphatic carbocycles. The molecule has 0 aliphatic heterocycles. The molecule has 0 saturated heterocycles. The Hall–Kier alpha value is -1.45. The van der Waals surface area contributed by atoms with E-state index in [4.69, 9.17) is 17.3 Å². The lowest BCUT2D eigenvalue weighted by Gasteiger charge is -2.15. The van der Waals surface area contributed by atoms with Crippen molar-refractivity contribution in [2.24, 2.45) is 11.7 Å². The largest absolute Gasteiger partial charge is 0.330 e. The number of hydrogen-bond acceptors (Lipinski definition) is 1. The summed E-state index contributed by atoms with van der Waals surface area (Å²) >= 11 is 5.76. The molecular weight excluding hydrogens is 280 g/mol. The summed E-state index contributed by atoms with van der Waals surface area (Å²) in [4.78, 5) is 0. The summed E-state index contributed by atoms with van der Waals surface area (Å²) in [5.41, 5.74) is 7.31. The Balaban J connectivity index is 2.09. The maximum Gasteiger partial charge on any atom is 0.141 e. The molecule has 1 nitrogen and oxygen atoms in total. The van der Waals surface area contributed by atoms with Crippen LogP contribution in [0.3, 0.4) is 0 Å². The zero-order valence-corrected chi connectivity index (χ0v) is 11.7.